The molecule has 1 aliphatic carbocycles. The number of nitrogens with one attached hydrogen (secondary N) is 1. The Balaban J connectivity index is 1.61. The predicted molar refractivity (Wildman–Crippen MR) is 64.7 cm³/mol. The molecule has 2 aromatic rings. The molecule has 0 spiro atoms. The predicted octanol–water partition coefficient (Wildman–Crippen LogP) is 2.17. The fourth-order valence-corrected chi connectivity index (χ4v) is 2.21. The maximum absolute atomic E-state index is 5.63. The molecule has 5 nitrogen and oxygen atoms in total. The Morgan fingerprint density at radius 3 is 3.00 bits per heavy atom. The fourth-order valence-electron chi connectivity index (χ4n) is 2.21. The van der Waals surface area contributed by atoms with Crippen LogP contribution in [0.2, 0.25) is 0 Å². The van der Waals surface area contributed by atoms with E-state index in [9.17, 15) is 0 Å². The van der Waals surface area contributed by atoms with Crippen LogP contribution in [0.1, 0.15) is 30.1 Å². The third-order valence-corrected chi connectivity index (χ3v) is 3.36. The second kappa shape index (κ2) is 3.73. The Kier molecular flexibility index (Phi) is 2.06. The van der Waals surface area contributed by atoms with Crippen molar-refractivity contribution in [3.05, 3.63) is 35.7 Å². The molecule has 1 aromatic heterocycles. The Morgan fingerprint density at radius 2 is 2.11 bits per heavy atom. The van der Waals surface area contributed by atoms with E-state index in [1.165, 1.54) is 12.8 Å². The summed E-state index contributed by atoms with van der Waals surface area (Å²) < 4.78 is 10.8. The van der Waals surface area contributed by atoms with Gasteiger partial charge in [-0.05, 0) is 18.9 Å². The molecule has 2 heterocycles. The van der Waals surface area contributed by atoms with E-state index < -0.39 is 0 Å². The summed E-state index contributed by atoms with van der Waals surface area (Å²) in [6.07, 6.45) is 2.38. The molecule has 1 aromatic carbocycles. The van der Waals surface area contributed by atoms with Crippen molar-refractivity contribution in [2.24, 2.45) is 0 Å². The van der Waals surface area contributed by atoms with Crippen molar-refractivity contribution in [2.75, 3.05) is 11.9 Å². The third kappa shape index (κ3) is 1.63. The second-order valence-electron chi connectivity index (χ2n) is 4.78. The minimum Gasteiger partial charge on any atom is -0.492 e. The zero-order valence-corrected chi connectivity index (χ0v) is 9.80. The lowest BCUT2D eigenvalue weighted by atomic mass is 10.0. The average Bonchev–Trinajstić information content (AvgIpc) is 2.91. The summed E-state index contributed by atoms with van der Waals surface area (Å²) in [5, 5.41) is 7.25. The molecule has 1 atom stereocenters. The smallest absolute Gasteiger partial charge is 0.321 e. The Bertz CT molecular complexity index is 577. The summed E-state index contributed by atoms with van der Waals surface area (Å²) >= 11 is 0. The van der Waals surface area contributed by atoms with Crippen LogP contribution < -0.4 is 10.1 Å². The van der Waals surface area contributed by atoms with Crippen LogP contribution in [0, 0.1) is 0 Å². The van der Waals surface area contributed by atoms with Crippen LogP contribution >= 0.6 is 0 Å². The van der Waals surface area contributed by atoms with Gasteiger partial charge in [0.25, 0.3) is 0 Å². The van der Waals surface area contributed by atoms with E-state index >= 15 is 0 Å². The van der Waals surface area contributed by atoms with Crippen molar-refractivity contribution in [1.29, 1.82) is 0 Å². The molecule has 1 N–H and O–H groups in total. The maximum atomic E-state index is 5.63. The van der Waals surface area contributed by atoms with Gasteiger partial charge in [0, 0.05) is 11.6 Å². The molecule has 1 unspecified atom stereocenters. The first-order chi connectivity index (χ1) is 8.90. The SMILES string of the molecule is c1ccc2c(c1)OCC2c1noc(NC2CC2)n1. The number of benzene rings is 1. The zero-order valence-electron chi connectivity index (χ0n) is 9.80. The van der Waals surface area contributed by atoms with Crippen LogP contribution in [0.4, 0.5) is 6.01 Å². The first kappa shape index (κ1) is 9.94. The van der Waals surface area contributed by atoms with Crippen molar-refractivity contribution in [3.8, 4) is 5.75 Å². The molecule has 2 aliphatic rings. The molecule has 1 aliphatic heterocycles. The van der Waals surface area contributed by atoms with Crippen LogP contribution in [-0.2, 0) is 0 Å². The molecule has 0 radical (unpaired) electrons. The summed E-state index contributed by atoms with van der Waals surface area (Å²) in [5.74, 6) is 1.70. The van der Waals surface area contributed by atoms with Crippen LogP contribution in [0.3, 0.4) is 0 Å². The number of aromatic nitrogens is 2. The molecule has 4 rings (SSSR count). The lowest BCUT2D eigenvalue weighted by molar-refractivity contribution is 0.335. The number of hydrogen-bond donors (Lipinski definition) is 1. The van der Waals surface area contributed by atoms with Crippen molar-refractivity contribution < 1.29 is 9.26 Å². The number of rotatable bonds is 3. The van der Waals surface area contributed by atoms with Crippen LogP contribution in [0.15, 0.2) is 28.8 Å². The molecular formula is C13H13N3O2. The van der Waals surface area contributed by atoms with Gasteiger partial charge in [0.15, 0.2) is 5.82 Å². The molecule has 92 valence electrons. The van der Waals surface area contributed by atoms with Crippen molar-refractivity contribution in [2.45, 2.75) is 24.8 Å². The molecular weight excluding hydrogens is 230 g/mol. The van der Waals surface area contributed by atoms with Crippen molar-refractivity contribution in [1.82, 2.24) is 10.1 Å². The summed E-state index contributed by atoms with van der Waals surface area (Å²) in [5.41, 5.74) is 1.14. The van der Waals surface area contributed by atoms with E-state index in [0.717, 1.165) is 11.3 Å². The van der Waals surface area contributed by atoms with Crippen molar-refractivity contribution in [3.63, 3.8) is 0 Å². The molecule has 0 saturated heterocycles. The van der Waals surface area contributed by atoms with E-state index in [2.05, 4.69) is 21.5 Å². The lowest BCUT2D eigenvalue weighted by Gasteiger charge is -2.01. The van der Waals surface area contributed by atoms with E-state index in [1.54, 1.807) is 0 Å². The van der Waals surface area contributed by atoms with Gasteiger partial charge < -0.3 is 14.6 Å². The highest BCUT2D eigenvalue weighted by atomic mass is 16.5. The van der Waals surface area contributed by atoms with Gasteiger partial charge in [-0.25, -0.2) is 0 Å². The summed E-state index contributed by atoms with van der Waals surface area (Å²) in [4.78, 5) is 4.40. The standard InChI is InChI=1S/C13H13N3O2/c1-2-4-11-9(3-1)10(7-17-11)12-15-13(18-16-12)14-8-5-6-8/h1-4,8,10H,5-7H2,(H,14,15,16). The lowest BCUT2D eigenvalue weighted by Crippen LogP contribution is -2.05. The number of fused-ring (bicyclic) bond motifs is 1. The van der Waals surface area contributed by atoms with Gasteiger partial charge in [0.05, 0.1) is 5.92 Å². The molecule has 1 fully saturated rings. The number of nitrogens with zero attached hydrogens (tertiary/aromatic N) is 2. The molecule has 0 amide bonds. The summed E-state index contributed by atoms with van der Waals surface area (Å²) in [7, 11) is 0. The van der Waals surface area contributed by atoms with Gasteiger partial charge >= 0.3 is 6.01 Å². The van der Waals surface area contributed by atoms with Crippen LogP contribution in [0.5, 0.6) is 5.75 Å². The van der Waals surface area contributed by atoms with E-state index in [-0.39, 0.29) is 5.92 Å². The highest BCUT2D eigenvalue weighted by molar-refractivity contribution is 5.43. The molecule has 18 heavy (non-hydrogen) atoms. The van der Waals surface area contributed by atoms with Crippen LogP contribution in [-0.4, -0.2) is 22.8 Å². The summed E-state index contributed by atoms with van der Waals surface area (Å²) in [6, 6.07) is 9.04. The van der Waals surface area contributed by atoms with Gasteiger partial charge in [0.2, 0.25) is 0 Å². The van der Waals surface area contributed by atoms with Gasteiger partial charge in [-0.1, -0.05) is 23.4 Å². The maximum Gasteiger partial charge on any atom is 0.321 e. The largest absolute Gasteiger partial charge is 0.492 e. The van der Waals surface area contributed by atoms with Crippen LogP contribution in [0.25, 0.3) is 0 Å². The normalized spacial score (nSPS) is 21.4. The van der Waals surface area contributed by atoms with Crippen molar-refractivity contribution >= 4 is 6.01 Å². The number of anilines is 1. The van der Waals surface area contributed by atoms with Gasteiger partial charge in [-0.2, -0.15) is 4.98 Å². The summed E-state index contributed by atoms with van der Waals surface area (Å²) in [6.45, 7) is 0.585. The monoisotopic (exact) mass is 243 g/mol. The minimum absolute atomic E-state index is 0.0831. The Labute approximate surface area is 104 Å². The second-order valence-corrected chi connectivity index (χ2v) is 4.78. The molecule has 0 bridgehead atoms. The van der Waals surface area contributed by atoms with Gasteiger partial charge in [-0.3, -0.25) is 0 Å². The minimum atomic E-state index is 0.0831. The van der Waals surface area contributed by atoms with E-state index in [0.29, 0.717) is 24.5 Å². The molecule has 5 heteroatoms. The number of para-hydroxylation sites is 1. The fraction of sp³-hybridized carbons (Fsp3) is 0.385. The number of hydrogen-bond acceptors (Lipinski definition) is 5. The average molecular weight is 243 g/mol. The zero-order chi connectivity index (χ0) is 11.9. The topological polar surface area (TPSA) is 60.2 Å². The highest BCUT2D eigenvalue weighted by Gasteiger charge is 2.30. The van der Waals surface area contributed by atoms with Gasteiger partial charge in [0.1, 0.15) is 12.4 Å². The van der Waals surface area contributed by atoms with E-state index in [1.807, 2.05) is 18.2 Å². The first-order valence-corrected chi connectivity index (χ1v) is 6.22. The Morgan fingerprint density at radius 1 is 1.22 bits per heavy atom. The quantitative estimate of drug-likeness (QED) is 0.895. The van der Waals surface area contributed by atoms with E-state index in [4.69, 9.17) is 9.26 Å². The first-order valence-electron chi connectivity index (χ1n) is 6.22. The Hall–Kier alpha value is -2.04. The molecule has 1 saturated carbocycles. The third-order valence-electron chi connectivity index (χ3n) is 3.36. The number of ether oxygens (including phenoxy) is 1. The van der Waals surface area contributed by atoms with Gasteiger partial charge in [-0.15, -0.1) is 0 Å². The highest BCUT2D eigenvalue weighted by Crippen LogP contribution is 2.37.